The maximum atomic E-state index is 12.9. The number of H-pyrrole nitrogens is 1. The van der Waals surface area contributed by atoms with Gasteiger partial charge in [-0.3, -0.25) is 4.79 Å². The van der Waals surface area contributed by atoms with Crippen LogP contribution < -0.4 is 15.2 Å². The van der Waals surface area contributed by atoms with Gasteiger partial charge in [0.2, 0.25) is 0 Å². The first kappa shape index (κ1) is 17.0. The maximum Gasteiger partial charge on any atom is 0.345 e. The highest BCUT2D eigenvalue weighted by molar-refractivity contribution is 5.95. The van der Waals surface area contributed by atoms with E-state index in [0.29, 0.717) is 30.2 Å². The summed E-state index contributed by atoms with van der Waals surface area (Å²) in [5.41, 5.74) is 0.985. The summed E-state index contributed by atoms with van der Waals surface area (Å²) < 4.78 is 10.5. The second-order valence-electron chi connectivity index (χ2n) is 6.02. The molecule has 1 aromatic carbocycles. The molecule has 0 radical (unpaired) electrons. The van der Waals surface area contributed by atoms with E-state index in [0.717, 1.165) is 18.5 Å². The molecule has 1 aliphatic heterocycles. The Kier molecular flexibility index (Phi) is 5.02. The number of carbonyl (C=O) groups excluding carboxylic acids is 1. The number of methoxy groups -OCH3 is 2. The molecule has 1 aromatic heterocycles. The van der Waals surface area contributed by atoms with Crippen molar-refractivity contribution < 1.29 is 14.3 Å². The lowest BCUT2D eigenvalue weighted by molar-refractivity contribution is 0.0705. The van der Waals surface area contributed by atoms with Crippen LogP contribution in [0.25, 0.3) is 0 Å². The zero-order valence-electron chi connectivity index (χ0n) is 14.3. The normalized spacial score (nSPS) is 17.2. The Labute approximate surface area is 145 Å². The smallest absolute Gasteiger partial charge is 0.345 e. The average Bonchev–Trinajstić information content (AvgIpc) is 2.67. The summed E-state index contributed by atoms with van der Waals surface area (Å²) in [6.07, 6.45) is 3.30. The number of hydrogen-bond donors (Lipinski definition) is 1. The molecule has 7 heteroatoms. The van der Waals surface area contributed by atoms with Gasteiger partial charge in [0.1, 0.15) is 11.5 Å². The van der Waals surface area contributed by atoms with E-state index in [1.807, 2.05) is 0 Å². The second-order valence-corrected chi connectivity index (χ2v) is 6.02. The molecule has 1 aliphatic rings. The monoisotopic (exact) mass is 343 g/mol. The highest BCUT2D eigenvalue weighted by atomic mass is 16.5. The maximum absolute atomic E-state index is 12.9. The molecule has 1 fully saturated rings. The van der Waals surface area contributed by atoms with E-state index >= 15 is 0 Å². The van der Waals surface area contributed by atoms with Gasteiger partial charge in [0.15, 0.2) is 0 Å². The molecule has 25 heavy (non-hydrogen) atoms. The Balaban J connectivity index is 1.81. The van der Waals surface area contributed by atoms with Crippen LogP contribution in [0, 0.1) is 0 Å². The fraction of sp³-hybridized carbons (Fsp3) is 0.389. The Morgan fingerprint density at radius 1 is 1.24 bits per heavy atom. The third kappa shape index (κ3) is 3.81. The van der Waals surface area contributed by atoms with Crippen molar-refractivity contribution in [2.24, 2.45) is 0 Å². The van der Waals surface area contributed by atoms with Crippen LogP contribution in [0.2, 0.25) is 0 Å². The van der Waals surface area contributed by atoms with Crippen LogP contribution in [0.15, 0.2) is 35.3 Å². The van der Waals surface area contributed by atoms with Gasteiger partial charge < -0.3 is 19.4 Å². The molecular formula is C18H21N3O4. The molecule has 1 unspecified atom stereocenters. The van der Waals surface area contributed by atoms with Crippen molar-refractivity contribution in [3.05, 3.63) is 52.2 Å². The zero-order valence-corrected chi connectivity index (χ0v) is 14.3. The molecule has 1 N–H and O–H groups in total. The molecule has 1 atom stereocenters. The summed E-state index contributed by atoms with van der Waals surface area (Å²) in [4.78, 5) is 32.6. The number of piperidine rings is 1. The summed E-state index contributed by atoms with van der Waals surface area (Å²) in [7, 11) is 3.11. The molecule has 1 amide bonds. The minimum atomic E-state index is -0.363. The van der Waals surface area contributed by atoms with E-state index in [2.05, 4.69) is 9.97 Å². The van der Waals surface area contributed by atoms with Gasteiger partial charge in [-0.15, -0.1) is 0 Å². The van der Waals surface area contributed by atoms with E-state index in [1.54, 1.807) is 43.4 Å². The van der Waals surface area contributed by atoms with E-state index in [-0.39, 0.29) is 17.5 Å². The van der Waals surface area contributed by atoms with Crippen molar-refractivity contribution in [2.75, 3.05) is 27.3 Å². The number of nitrogens with one attached hydrogen (secondary N) is 1. The number of amides is 1. The number of aromatic nitrogens is 2. The van der Waals surface area contributed by atoms with E-state index in [9.17, 15) is 9.59 Å². The molecule has 0 saturated carbocycles. The fourth-order valence-electron chi connectivity index (χ4n) is 3.15. The first-order chi connectivity index (χ1) is 12.1. The third-order valence-electron chi connectivity index (χ3n) is 4.44. The van der Waals surface area contributed by atoms with Gasteiger partial charge in [0, 0.05) is 42.5 Å². The minimum Gasteiger partial charge on any atom is -0.497 e. The van der Waals surface area contributed by atoms with Gasteiger partial charge in [0.25, 0.3) is 5.91 Å². The first-order valence-electron chi connectivity index (χ1n) is 8.18. The number of hydrogen-bond acceptors (Lipinski definition) is 5. The highest BCUT2D eigenvalue weighted by Gasteiger charge is 2.26. The summed E-state index contributed by atoms with van der Waals surface area (Å²) in [6, 6.07) is 6.96. The zero-order chi connectivity index (χ0) is 17.8. The largest absolute Gasteiger partial charge is 0.497 e. The Bertz CT molecular complexity index is 796. The summed E-state index contributed by atoms with van der Waals surface area (Å²) >= 11 is 0. The van der Waals surface area contributed by atoms with Crippen LogP contribution in [0.4, 0.5) is 0 Å². The predicted molar refractivity (Wildman–Crippen MR) is 92.3 cm³/mol. The topological polar surface area (TPSA) is 84.5 Å². The molecule has 132 valence electrons. The lowest BCUT2D eigenvalue weighted by Crippen LogP contribution is -2.39. The van der Waals surface area contributed by atoms with E-state index in [1.165, 1.54) is 6.20 Å². The molecule has 0 bridgehead atoms. The van der Waals surface area contributed by atoms with Gasteiger partial charge in [0.05, 0.1) is 14.2 Å². The van der Waals surface area contributed by atoms with Crippen LogP contribution in [0.1, 0.15) is 34.8 Å². The van der Waals surface area contributed by atoms with Crippen molar-refractivity contribution in [3.63, 3.8) is 0 Å². The number of nitrogens with zero attached hydrogens (tertiary/aromatic N) is 2. The number of carbonyl (C=O) groups is 1. The van der Waals surface area contributed by atoms with Crippen LogP contribution in [-0.2, 0) is 0 Å². The van der Waals surface area contributed by atoms with E-state index in [4.69, 9.17) is 9.47 Å². The Hall–Kier alpha value is -2.83. The lowest BCUT2D eigenvalue weighted by Gasteiger charge is -2.32. The number of likely N-dealkylation sites (tertiary alicyclic amines) is 1. The number of ether oxygens (including phenoxy) is 2. The molecule has 0 spiro atoms. The summed E-state index contributed by atoms with van der Waals surface area (Å²) in [5.74, 6) is 1.18. The number of rotatable bonds is 4. The molecule has 2 heterocycles. The molecular weight excluding hydrogens is 322 g/mol. The highest BCUT2D eigenvalue weighted by Crippen LogP contribution is 2.28. The quantitative estimate of drug-likeness (QED) is 0.915. The molecule has 7 nitrogen and oxygen atoms in total. The lowest BCUT2D eigenvalue weighted by atomic mass is 9.94. The minimum absolute atomic E-state index is 0.0710. The first-order valence-corrected chi connectivity index (χ1v) is 8.18. The van der Waals surface area contributed by atoms with Gasteiger partial charge in [-0.1, -0.05) is 0 Å². The number of benzene rings is 1. The van der Waals surface area contributed by atoms with Crippen molar-refractivity contribution in [2.45, 2.75) is 18.8 Å². The van der Waals surface area contributed by atoms with Crippen LogP contribution >= 0.6 is 0 Å². The van der Waals surface area contributed by atoms with Crippen molar-refractivity contribution >= 4 is 5.91 Å². The Morgan fingerprint density at radius 2 is 1.96 bits per heavy atom. The third-order valence-corrected chi connectivity index (χ3v) is 4.44. The SMILES string of the molecule is COc1cc(OC)cc(C(=O)N2CCCC(c3ccnc(=O)[nH]3)C2)c1. The van der Waals surface area contributed by atoms with Crippen LogP contribution in [0.5, 0.6) is 11.5 Å². The van der Waals surface area contributed by atoms with Gasteiger partial charge in [-0.25, -0.2) is 9.78 Å². The second kappa shape index (κ2) is 7.38. The number of aromatic amines is 1. The van der Waals surface area contributed by atoms with Crippen molar-refractivity contribution in [3.8, 4) is 11.5 Å². The van der Waals surface area contributed by atoms with Gasteiger partial charge in [-0.05, 0) is 31.0 Å². The predicted octanol–water partition coefficient (Wildman–Crippen LogP) is 1.81. The van der Waals surface area contributed by atoms with Crippen molar-refractivity contribution in [1.29, 1.82) is 0 Å². The molecule has 2 aromatic rings. The molecule has 3 rings (SSSR count). The summed E-state index contributed by atoms with van der Waals surface area (Å²) in [5, 5.41) is 0. The van der Waals surface area contributed by atoms with E-state index < -0.39 is 0 Å². The average molecular weight is 343 g/mol. The van der Waals surface area contributed by atoms with Crippen LogP contribution in [0.3, 0.4) is 0 Å². The summed E-state index contributed by atoms with van der Waals surface area (Å²) in [6.45, 7) is 1.24. The fourth-order valence-corrected chi connectivity index (χ4v) is 3.15. The van der Waals surface area contributed by atoms with Crippen molar-refractivity contribution in [1.82, 2.24) is 14.9 Å². The Morgan fingerprint density at radius 3 is 2.60 bits per heavy atom. The molecule has 0 aliphatic carbocycles. The van der Waals surface area contributed by atoms with Crippen LogP contribution in [-0.4, -0.2) is 48.1 Å². The standard InChI is InChI=1S/C18H21N3O4/c1-24-14-8-13(9-15(10-14)25-2)17(22)21-7-3-4-12(11-21)16-5-6-19-18(23)20-16/h5-6,8-10,12H,3-4,7,11H2,1-2H3,(H,19,20,23). The van der Waals surface area contributed by atoms with Gasteiger partial charge >= 0.3 is 5.69 Å². The van der Waals surface area contributed by atoms with Gasteiger partial charge in [-0.2, -0.15) is 0 Å². The molecule has 1 saturated heterocycles.